The fraction of sp³-hybridized carbons (Fsp3) is 0.286. The molecule has 0 saturated heterocycles. The van der Waals surface area contributed by atoms with Gasteiger partial charge >= 0.3 is 0 Å². The van der Waals surface area contributed by atoms with Gasteiger partial charge in [-0.25, -0.2) is 9.97 Å². The van der Waals surface area contributed by atoms with E-state index in [1.54, 1.807) is 18.5 Å². The van der Waals surface area contributed by atoms with Crippen LogP contribution >= 0.6 is 0 Å². The van der Waals surface area contributed by atoms with Gasteiger partial charge in [-0.15, -0.1) is 0 Å². The standard InChI is InChI=1S/C5H7N3.C2H4O2/c6-4-5-7-2-1-3-8-5;1-2(3)4/h1-3H,4,6H2;1H3,(H,3,4). The Balaban J connectivity index is 0.000000261. The van der Waals surface area contributed by atoms with Gasteiger partial charge in [0.15, 0.2) is 0 Å². The molecule has 0 amide bonds. The summed E-state index contributed by atoms with van der Waals surface area (Å²) in [5, 5.41) is 7.42. The second-order valence-corrected chi connectivity index (χ2v) is 1.89. The lowest BCUT2D eigenvalue weighted by atomic mass is 10.6. The highest BCUT2D eigenvalue weighted by atomic mass is 16.4. The van der Waals surface area contributed by atoms with Crippen LogP contribution in [-0.2, 0) is 11.3 Å². The Hall–Kier alpha value is -1.49. The molecule has 0 aromatic carbocycles. The average molecular weight is 169 g/mol. The summed E-state index contributed by atoms with van der Waals surface area (Å²) in [6, 6.07) is 1.76. The molecule has 0 spiro atoms. The van der Waals surface area contributed by atoms with Crippen molar-refractivity contribution in [2.45, 2.75) is 13.5 Å². The van der Waals surface area contributed by atoms with E-state index in [1.165, 1.54) is 0 Å². The van der Waals surface area contributed by atoms with Gasteiger partial charge in [0, 0.05) is 19.3 Å². The zero-order valence-electron chi connectivity index (χ0n) is 6.77. The molecular weight excluding hydrogens is 158 g/mol. The Kier molecular flexibility index (Phi) is 5.46. The number of carboxylic acid groups (broad SMARTS) is 1. The third kappa shape index (κ3) is 6.63. The number of aliphatic carboxylic acids is 1. The van der Waals surface area contributed by atoms with Crippen molar-refractivity contribution in [2.24, 2.45) is 5.73 Å². The van der Waals surface area contributed by atoms with E-state index in [9.17, 15) is 0 Å². The SMILES string of the molecule is CC(=O)O.NCc1ncccn1. The van der Waals surface area contributed by atoms with E-state index < -0.39 is 5.97 Å². The highest BCUT2D eigenvalue weighted by Crippen LogP contribution is 1.81. The second-order valence-electron chi connectivity index (χ2n) is 1.89. The minimum absolute atomic E-state index is 0.418. The lowest BCUT2D eigenvalue weighted by molar-refractivity contribution is -0.134. The van der Waals surface area contributed by atoms with E-state index in [4.69, 9.17) is 15.6 Å². The largest absolute Gasteiger partial charge is 0.481 e. The van der Waals surface area contributed by atoms with E-state index >= 15 is 0 Å². The van der Waals surface area contributed by atoms with Crippen molar-refractivity contribution in [1.29, 1.82) is 0 Å². The van der Waals surface area contributed by atoms with Crippen molar-refractivity contribution in [1.82, 2.24) is 9.97 Å². The van der Waals surface area contributed by atoms with Crippen LogP contribution in [0.25, 0.3) is 0 Å². The molecule has 0 aliphatic carbocycles. The van der Waals surface area contributed by atoms with Crippen LogP contribution in [0.5, 0.6) is 0 Å². The molecular formula is C7H11N3O2. The van der Waals surface area contributed by atoms with Crippen LogP contribution in [0.4, 0.5) is 0 Å². The van der Waals surface area contributed by atoms with Crippen LogP contribution in [0.2, 0.25) is 0 Å². The van der Waals surface area contributed by atoms with Gasteiger partial charge in [0.25, 0.3) is 5.97 Å². The molecule has 0 saturated carbocycles. The number of nitrogens with zero attached hydrogens (tertiary/aromatic N) is 2. The first-order chi connectivity index (χ1) is 5.66. The summed E-state index contributed by atoms with van der Waals surface area (Å²) in [7, 11) is 0. The van der Waals surface area contributed by atoms with Gasteiger partial charge in [0.05, 0.1) is 6.54 Å². The number of carbonyl (C=O) groups is 1. The smallest absolute Gasteiger partial charge is 0.300 e. The molecule has 1 heterocycles. The van der Waals surface area contributed by atoms with E-state index in [-0.39, 0.29) is 0 Å². The van der Waals surface area contributed by atoms with E-state index in [2.05, 4.69) is 9.97 Å². The van der Waals surface area contributed by atoms with Gasteiger partial charge in [0.2, 0.25) is 0 Å². The number of carboxylic acids is 1. The summed E-state index contributed by atoms with van der Waals surface area (Å²) in [6.45, 7) is 1.50. The Morgan fingerprint density at radius 3 is 2.25 bits per heavy atom. The summed E-state index contributed by atoms with van der Waals surface area (Å²) in [4.78, 5) is 16.7. The fourth-order valence-electron chi connectivity index (χ4n) is 0.435. The van der Waals surface area contributed by atoms with Gasteiger partial charge in [-0.05, 0) is 6.07 Å². The molecule has 1 aromatic rings. The first-order valence-electron chi connectivity index (χ1n) is 3.32. The molecule has 0 aliphatic rings. The predicted octanol–water partition coefficient (Wildman–Crippen LogP) is 0.0262. The van der Waals surface area contributed by atoms with Crippen molar-refractivity contribution in [3.05, 3.63) is 24.3 Å². The molecule has 0 unspecified atom stereocenters. The minimum atomic E-state index is -0.833. The monoisotopic (exact) mass is 169 g/mol. The fourth-order valence-corrected chi connectivity index (χ4v) is 0.435. The summed E-state index contributed by atoms with van der Waals surface area (Å²) < 4.78 is 0. The second kappa shape index (κ2) is 6.23. The molecule has 1 aromatic heterocycles. The van der Waals surface area contributed by atoms with Crippen LogP contribution < -0.4 is 5.73 Å². The molecule has 12 heavy (non-hydrogen) atoms. The molecule has 0 radical (unpaired) electrons. The lowest BCUT2D eigenvalue weighted by Crippen LogP contribution is -2.00. The summed E-state index contributed by atoms with van der Waals surface area (Å²) in [5.41, 5.74) is 5.22. The number of hydrogen-bond acceptors (Lipinski definition) is 4. The van der Waals surface area contributed by atoms with Crippen molar-refractivity contribution < 1.29 is 9.90 Å². The van der Waals surface area contributed by atoms with E-state index in [0.717, 1.165) is 6.92 Å². The Bertz CT molecular complexity index is 221. The molecule has 1 rings (SSSR count). The molecule has 66 valence electrons. The third-order valence-electron chi connectivity index (χ3n) is 0.802. The van der Waals surface area contributed by atoms with Crippen LogP contribution in [0.3, 0.4) is 0 Å². The van der Waals surface area contributed by atoms with Gasteiger partial charge < -0.3 is 10.8 Å². The number of aromatic nitrogens is 2. The third-order valence-corrected chi connectivity index (χ3v) is 0.802. The summed E-state index contributed by atoms with van der Waals surface area (Å²) in [6.07, 6.45) is 3.35. The van der Waals surface area contributed by atoms with Crippen LogP contribution in [0.15, 0.2) is 18.5 Å². The van der Waals surface area contributed by atoms with Crippen molar-refractivity contribution in [3.63, 3.8) is 0 Å². The zero-order valence-corrected chi connectivity index (χ0v) is 6.77. The normalized spacial score (nSPS) is 8.17. The topological polar surface area (TPSA) is 89.1 Å². The Labute approximate surface area is 70.3 Å². The molecule has 5 nitrogen and oxygen atoms in total. The molecule has 0 fully saturated rings. The summed E-state index contributed by atoms with van der Waals surface area (Å²) in [5.74, 6) is -0.146. The molecule has 0 bridgehead atoms. The zero-order chi connectivity index (χ0) is 9.40. The first kappa shape index (κ1) is 10.5. The van der Waals surface area contributed by atoms with E-state index in [0.29, 0.717) is 12.4 Å². The van der Waals surface area contributed by atoms with Crippen LogP contribution in [0, 0.1) is 0 Å². The highest BCUT2D eigenvalue weighted by molar-refractivity contribution is 5.62. The first-order valence-corrected chi connectivity index (χ1v) is 3.32. The Morgan fingerprint density at radius 1 is 1.58 bits per heavy atom. The van der Waals surface area contributed by atoms with Gasteiger partial charge in [0.1, 0.15) is 5.82 Å². The van der Waals surface area contributed by atoms with Crippen LogP contribution in [-0.4, -0.2) is 21.0 Å². The van der Waals surface area contributed by atoms with Gasteiger partial charge in [-0.1, -0.05) is 0 Å². The van der Waals surface area contributed by atoms with Crippen molar-refractivity contribution in [3.8, 4) is 0 Å². The van der Waals surface area contributed by atoms with Crippen LogP contribution in [0.1, 0.15) is 12.7 Å². The maximum Gasteiger partial charge on any atom is 0.300 e. The molecule has 3 N–H and O–H groups in total. The van der Waals surface area contributed by atoms with Crippen molar-refractivity contribution >= 4 is 5.97 Å². The minimum Gasteiger partial charge on any atom is -0.481 e. The number of rotatable bonds is 1. The average Bonchev–Trinajstić information content (AvgIpc) is 2.05. The van der Waals surface area contributed by atoms with Crippen molar-refractivity contribution in [2.75, 3.05) is 0 Å². The predicted molar refractivity (Wildman–Crippen MR) is 43.2 cm³/mol. The highest BCUT2D eigenvalue weighted by Gasteiger charge is 1.83. The Morgan fingerprint density at radius 2 is 2.00 bits per heavy atom. The molecule has 0 atom stereocenters. The number of hydrogen-bond donors (Lipinski definition) is 2. The molecule has 5 heteroatoms. The number of nitrogens with two attached hydrogens (primary N) is 1. The van der Waals surface area contributed by atoms with E-state index in [1.807, 2.05) is 0 Å². The molecule has 0 aliphatic heterocycles. The van der Waals surface area contributed by atoms with Gasteiger partial charge in [-0.2, -0.15) is 0 Å². The maximum atomic E-state index is 9.00. The summed E-state index contributed by atoms with van der Waals surface area (Å²) >= 11 is 0. The maximum absolute atomic E-state index is 9.00. The quantitative estimate of drug-likeness (QED) is 0.618. The van der Waals surface area contributed by atoms with Gasteiger partial charge in [-0.3, -0.25) is 4.79 Å². The lowest BCUT2D eigenvalue weighted by Gasteiger charge is -1.88.